The molecule has 6 rings (SSSR count). The highest BCUT2D eigenvalue weighted by Crippen LogP contribution is 2.53. The van der Waals surface area contributed by atoms with Gasteiger partial charge in [0.25, 0.3) is 0 Å². The van der Waals surface area contributed by atoms with Crippen LogP contribution in [0.2, 0.25) is 0 Å². The third-order valence-corrected chi connectivity index (χ3v) is 7.53. The summed E-state index contributed by atoms with van der Waals surface area (Å²) < 4.78 is 5.19. The molecule has 37 heavy (non-hydrogen) atoms. The Hall–Kier alpha value is -4.43. The third kappa shape index (κ3) is 4.15. The largest absolute Gasteiger partial charge is 0.465 e. The minimum Gasteiger partial charge on any atom is -0.465 e. The van der Waals surface area contributed by atoms with Gasteiger partial charge >= 0.3 is 5.97 Å². The molecule has 4 aromatic carbocycles. The van der Waals surface area contributed by atoms with Crippen molar-refractivity contribution in [1.82, 2.24) is 0 Å². The average Bonchev–Trinajstić information content (AvgIpc) is 3.52. The summed E-state index contributed by atoms with van der Waals surface area (Å²) >= 11 is 0. The van der Waals surface area contributed by atoms with E-state index in [0.29, 0.717) is 5.57 Å². The molecule has 0 saturated heterocycles. The van der Waals surface area contributed by atoms with Crippen molar-refractivity contribution in [1.29, 1.82) is 0 Å². The first-order valence-corrected chi connectivity index (χ1v) is 12.7. The quantitative estimate of drug-likeness (QED) is 0.268. The Kier molecular flexibility index (Phi) is 5.94. The maximum Gasteiger partial charge on any atom is 0.338 e. The Morgan fingerprint density at radius 3 is 1.70 bits per heavy atom. The van der Waals surface area contributed by atoms with Gasteiger partial charge in [-0.3, -0.25) is 0 Å². The van der Waals surface area contributed by atoms with Crippen LogP contribution < -0.4 is 0 Å². The number of fused-ring (bicyclic) bond motifs is 1. The lowest BCUT2D eigenvalue weighted by molar-refractivity contribution is -0.135. The highest BCUT2D eigenvalue weighted by atomic mass is 16.5. The summed E-state index contributed by atoms with van der Waals surface area (Å²) in [4.78, 5) is 12.8. The fraction of sp³-hybridized carbons (Fsp3) is 0.114. The van der Waals surface area contributed by atoms with E-state index in [1.54, 1.807) is 0 Å². The zero-order chi connectivity index (χ0) is 25.4. The second-order valence-electron chi connectivity index (χ2n) is 9.72. The number of carbonyl (C=O) groups excluding carboxylic acids is 1. The molecule has 0 aliphatic heterocycles. The van der Waals surface area contributed by atoms with Crippen molar-refractivity contribution in [3.05, 3.63) is 149 Å². The number of rotatable bonds is 5. The van der Waals surface area contributed by atoms with Crippen LogP contribution in [0.25, 0.3) is 27.8 Å². The van der Waals surface area contributed by atoms with Gasteiger partial charge in [0, 0.05) is 5.92 Å². The predicted octanol–water partition coefficient (Wildman–Crippen LogP) is 8.39. The van der Waals surface area contributed by atoms with Crippen LogP contribution in [0.5, 0.6) is 0 Å². The predicted molar refractivity (Wildman–Crippen MR) is 151 cm³/mol. The summed E-state index contributed by atoms with van der Waals surface area (Å²) in [6, 6.07) is 38.4. The number of hydrogen-bond donors (Lipinski definition) is 0. The molecule has 4 aromatic rings. The van der Waals surface area contributed by atoms with Crippen LogP contribution in [0.4, 0.5) is 0 Å². The van der Waals surface area contributed by atoms with Gasteiger partial charge in [-0.2, -0.15) is 0 Å². The van der Waals surface area contributed by atoms with Gasteiger partial charge in [-0.25, -0.2) is 4.79 Å². The molecule has 0 spiro atoms. The molecule has 2 heteroatoms. The molecule has 0 aromatic heterocycles. The molecule has 0 N–H and O–H groups in total. The van der Waals surface area contributed by atoms with Gasteiger partial charge in [-0.05, 0) is 69.5 Å². The van der Waals surface area contributed by atoms with E-state index in [9.17, 15) is 4.79 Å². The van der Waals surface area contributed by atoms with Gasteiger partial charge in [0.15, 0.2) is 0 Å². The SMILES string of the molecule is COC(=O)C1=CC(c2ccc(-c3ccccc3)cc2)=C2C1=C(C)CC2c1ccc(-c2ccccc2)cc1. The van der Waals surface area contributed by atoms with Crippen LogP contribution in [0.1, 0.15) is 30.4 Å². The summed E-state index contributed by atoms with van der Waals surface area (Å²) in [7, 11) is 1.46. The Morgan fingerprint density at radius 2 is 1.16 bits per heavy atom. The van der Waals surface area contributed by atoms with Crippen LogP contribution in [0.3, 0.4) is 0 Å². The molecular formula is C35H28O2. The second-order valence-corrected chi connectivity index (χ2v) is 9.72. The first kappa shape index (κ1) is 23.0. The van der Waals surface area contributed by atoms with Crippen molar-refractivity contribution in [2.24, 2.45) is 0 Å². The molecule has 1 unspecified atom stereocenters. The maximum absolute atomic E-state index is 12.8. The smallest absolute Gasteiger partial charge is 0.338 e. The molecule has 2 aliphatic rings. The van der Waals surface area contributed by atoms with Gasteiger partial charge < -0.3 is 4.74 Å². The molecule has 0 fully saturated rings. The number of methoxy groups -OCH3 is 1. The van der Waals surface area contributed by atoms with Crippen molar-refractivity contribution >= 4 is 11.5 Å². The normalized spacial score (nSPS) is 16.6. The summed E-state index contributed by atoms with van der Waals surface area (Å²) in [5.74, 6) is -0.0788. The van der Waals surface area contributed by atoms with Crippen LogP contribution >= 0.6 is 0 Å². The Morgan fingerprint density at radius 1 is 0.676 bits per heavy atom. The topological polar surface area (TPSA) is 26.3 Å². The lowest BCUT2D eigenvalue weighted by Gasteiger charge is -2.17. The van der Waals surface area contributed by atoms with E-state index < -0.39 is 0 Å². The first-order chi connectivity index (χ1) is 18.1. The minimum atomic E-state index is -0.275. The minimum absolute atomic E-state index is 0.196. The van der Waals surface area contributed by atoms with E-state index >= 15 is 0 Å². The van der Waals surface area contributed by atoms with Crippen molar-refractivity contribution in [3.8, 4) is 22.3 Å². The maximum atomic E-state index is 12.8. The molecule has 1 atom stereocenters. The standard InChI is InChI=1S/C35H28O2/c1-23-21-30(28-17-13-26(14-18-28)24-9-5-3-6-10-24)34-31(22-32(33(23)34)35(36)37-2)29-19-15-27(16-20-29)25-11-7-4-8-12-25/h3-20,22,30H,21H2,1-2H3. The Balaban J connectivity index is 1.41. The fourth-order valence-corrected chi connectivity index (χ4v) is 5.71. The lowest BCUT2D eigenvalue weighted by atomic mass is 9.86. The molecular weight excluding hydrogens is 452 g/mol. The molecule has 2 aliphatic carbocycles. The third-order valence-electron chi connectivity index (χ3n) is 7.53. The van der Waals surface area contributed by atoms with Gasteiger partial charge in [0.1, 0.15) is 0 Å². The van der Waals surface area contributed by atoms with Crippen LogP contribution in [-0.4, -0.2) is 13.1 Å². The zero-order valence-corrected chi connectivity index (χ0v) is 21.1. The average molecular weight is 481 g/mol. The van der Waals surface area contributed by atoms with E-state index in [1.807, 2.05) is 18.2 Å². The van der Waals surface area contributed by atoms with Gasteiger partial charge in [0.2, 0.25) is 0 Å². The lowest BCUT2D eigenvalue weighted by Crippen LogP contribution is -2.06. The van der Waals surface area contributed by atoms with Crippen molar-refractivity contribution in [2.75, 3.05) is 7.11 Å². The Labute approximate surface area is 218 Å². The van der Waals surface area contributed by atoms with Crippen molar-refractivity contribution in [3.63, 3.8) is 0 Å². The van der Waals surface area contributed by atoms with Gasteiger partial charge in [-0.1, -0.05) is 115 Å². The van der Waals surface area contributed by atoms with Crippen LogP contribution in [-0.2, 0) is 9.53 Å². The highest BCUT2D eigenvalue weighted by Gasteiger charge is 2.38. The molecule has 2 nitrogen and oxygen atoms in total. The number of benzene rings is 4. The first-order valence-electron chi connectivity index (χ1n) is 12.7. The number of ether oxygens (including phenoxy) is 1. The van der Waals surface area contributed by atoms with E-state index in [1.165, 1.54) is 46.1 Å². The van der Waals surface area contributed by atoms with E-state index in [-0.39, 0.29) is 11.9 Å². The highest BCUT2D eigenvalue weighted by molar-refractivity contribution is 6.05. The fourth-order valence-electron chi connectivity index (χ4n) is 5.71. The van der Waals surface area contributed by atoms with Crippen LogP contribution in [0.15, 0.2) is 138 Å². The zero-order valence-electron chi connectivity index (χ0n) is 21.1. The van der Waals surface area contributed by atoms with Crippen LogP contribution in [0, 0.1) is 0 Å². The molecule has 0 radical (unpaired) electrons. The van der Waals surface area contributed by atoms with Crippen molar-refractivity contribution < 1.29 is 9.53 Å². The second kappa shape index (κ2) is 9.55. The molecule has 0 saturated carbocycles. The molecule has 0 bridgehead atoms. The molecule has 0 heterocycles. The number of allylic oxidation sites excluding steroid dienone is 4. The molecule has 0 amide bonds. The Bertz CT molecular complexity index is 1550. The van der Waals surface area contributed by atoms with Gasteiger partial charge in [-0.15, -0.1) is 0 Å². The molecule has 180 valence electrons. The summed E-state index contributed by atoms with van der Waals surface area (Å²) in [5.41, 5.74) is 12.5. The monoisotopic (exact) mass is 480 g/mol. The number of esters is 1. The van der Waals surface area contributed by atoms with Gasteiger partial charge in [0.05, 0.1) is 12.7 Å². The van der Waals surface area contributed by atoms with E-state index in [4.69, 9.17) is 4.74 Å². The number of carbonyl (C=O) groups is 1. The summed E-state index contributed by atoms with van der Waals surface area (Å²) in [6.07, 6.45) is 2.93. The van der Waals surface area contributed by atoms with E-state index in [2.05, 4.69) is 104 Å². The van der Waals surface area contributed by atoms with E-state index in [0.717, 1.165) is 23.1 Å². The summed E-state index contributed by atoms with van der Waals surface area (Å²) in [5, 5.41) is 0. The number of hydrogen-bond acceptors (Lipinski definition) is 2. The summed E-state index contributed by atoms with van der Waals surface area (Å²) in [6.45, 7) is 2.14. The van der Waals surface area contributed by atoms with Crippen molar-refractivity contribution in [2.45, 2.75) is 19.3 Å².